The van der Waals surface area contributed by atoms with Crippen LogP contribution in [0.2, 0.25) is 0 Å². The maximum absolute atomic E-state index is 5.25. The Kier molecular flexibility index (Phi) is 3.96. The standard InChI is InChI=1S/C12H19NO/c1-9-5-7-12(8-6-9)13-10(2)11(3)14-4/h5-8,10-11,13H,1-4H3. The number of hydrogen-bond donors (Lipinski definition) is 1. The van der Waals surface area contributed by atoms with E-state index in [0.29, 0.717) is 6.04 Å². The largest absolute Gasteiger partial charge is 0.380 e. The van der Waals surface area contributed by atoms with Crippen molar-refractivity contribution in [3.8, 4) is 0 Å². The second-order valence-electron chi connectivity index (χ2n) is 3.74. The average Bonchev–Trinajstić information content (AvgIpc) is 2.20. The summed E-state index contributed by atoms with van der Waals surface area (Å²) in [7, 11) is 1.73. The topological polar surface area (TPSA) is 21.3 Å². The number of rotatable bonds is 4. The molecule has 0 saturated heterocycles. The third kappa shape index (κ3) is 3.04. The number of nitrogens with one attached hydrogen (secondary N) is 1. The van der Waals surface area contributed by atoms with E-state index in [1.807, 2.05) is 0 Å². The van der Waals surface area contributed by atoms with E-state index in [4.69, 9.17) is 4.74 Å². The molecule has 0 spiro atoms. The fourth-order valence-electron chi connectivity index (χ4n) is 1.23. The summed E-state index contributed by atoms with van der Waals surface area (Å²) in [5, 5.41) is 3.39. The molecule has 14 heavy (non-hydrogen) atoms. The zero-order valence-corrected chi connectivity index (χ0v) is 9.37. The maximum atomic E-state index is 5.25. The van der Waals surface area contributed by atoms with Crippen LogP contribution in [0.1, 0.15) is 19.4 Å². The van der Waals surface area contributed by atoms with Gasteiger partial charge in [-0.3, -0.25) is 0 Å². The van der Waals surface area contributed by atoms with E-state index in [1.165, 1.54) is 5.56 Å². The van der Waals surface area contributed by atoms with Crippen molar-refractivity contribution in [3.05, 3.63) is 29.8 Å². The van der Waals surface area contributed by atoms with Crippen LogP contribution in [0.4, 0.5) is 5.69 Å². The maximum Gasteiger partial charge on any atom is 0.0741 e. The summed E-state index contributed by atoms with van der Waals surface area (Å²) in [5.41, 5.74) is 2.43. The van der Waals surface area contributed by atoms with E-state index in [2.05, 4.69) is 50.4 Å². The van der Waals surface area contributed by atoms with Crippen LogP contribution in [0, 0.1) is 6.92 Å². The van der Waals surface area contributed by atoms with Crippen molar-refractivity contribution >= 4 is 5.69 Å². The van der Waals surface area contributed by atoms with Gasteiger partial charge in [-0.2, -0.15) is 0 Å². The van der Waals surface area contributed by atoms with Gasteiger partial charge in [-0.25, -0.2) is 0 Å². The predicted octanol–water partition coefficient (Wildman–Crippen LogP) is 2.83. The molecule has 2 atom stereocenters. The molecule has 0 heterocycles. The lowest BCUT2D eigenvalue weighted by molar-refractivity contribution is 0.106. The van der Waals surface area contributed by atoms with E-state index in [1.54, 1.807) is 7.11 Å². The lowest BCUT2D eigenvalue weighted by Crippen LogP contribution is -2.29. The van der Waals surface area contributed by atoms with Crippen LogP contribution in [0.5, 0.6) is 0 Å². The minimum atomic E-state index is 0.219. The van der Waals surface area contributed by atoms with Crippen molar-refractivity contribution in [2.45, 2.75) is 32.9 Å². The summed E-state index contributed by atoms with van der Waals surface area (Å²) < 4.78 is 5.25. The zero-order chi connectivity index (χ0) is 10.6. The SMILES string of the molecule is COC(C)C(C)Nc1ccc(C)cc1. The Labute approximate surface area is 86.3 Å². The van der Waals surface area contributed by atoms with Crippen LogP contribution in [-0.4, -0.2) is 19.3 Å². The predicted molar refractivity (Wildman–Crippen MR) is 60.7 cm³/mol. The number of hydrogen-bond acceptors (Lipinski definition) is 2. The minimum absolute atomic E-state index is 0.219. The molecule has 0 saturated carbocycles. The summed E-state index contributed by atoms with van der Waals surface area (Å²) in [6.45, 7) is 6.27. The summed E-state index contributed by atoms with van der Waals surface area (Å²) >= 11 is 0. The zero-order valence-electron chi connectivity index (χ0n) is 9.37. The number of ether oxygens (including phenoxy) is 1. The van der Waals surface area contributed by atoms with Gasteiger partial charge in [0.2, 0.25) is 0 Å². The van der Waals surface area contributed by atoms with E-state index in [9.17, 15) is 0 Å². The molecular formula is C12H19NO. The van der Waals surface area contributed by atoms with E-state index < -0.39 is 0 Å². The van der Waals surface area contributed by atoms with E-state index in [0.717, 1.165) is 5.69 Å². The second kappa shape index (κ2) is 5.01. The molecule has 0 aliphatic carbocycles. The molecule has 0 fully saturated rings. The first-order chi connectivity index (χ1) is 6.63. The summed E-state index contributed by atoms with van der Waals surface area (Å²) in [4.78, 5) is 0. The van der Waals surface area contributed by atoms with E-state index in [-0.39, 0.29) is 6.10 Å². The molecule has 0 aliphatic heterocycles. The molecule has 0 amide bonds. The molecule has 1 aromatic carbocycles. The van der Waals surface area contributed by atoms with Crippen LogP contribution in [-0.2, 0) is 4.74 Å². The Hall–Kier alpha value is -1.02. The fraction of sp³-hybridized carbons (Fsp3) is 0.500. The molecule has 2 heteroatoms. The van der Waals surface area contributed by atoms with Gasteiger partial charge in [0, 0.05) is 18.8 Å². The van der Waals surface area contributed by atoms with Gasteiger partial charge in [0.15, 0.2) is 0 Å². The molecule has 2 unspecified atom stereocenters. The van der Waals surface area contributed by atoms with Crippen molar-refractivity contribution in [3.63, 3.8) is 0 Å². The highest BCUT2D eigenvalue weighted by atomic mass is 16.5. The highest BCUT2D eigenvalue weighted by Crippen LogP contribution is 2.11. The van der Waals surface area contributed by atoms with Gasteiger partial charge in [-0.15, -0.1) is 0 Å². The summed E-state index contributed by atoms with van der Waals surface area (Å²) in [6.07, 6.45) is 0.219. The van der Waals surface area contributed by atoms with E-state index >= 15 is 0 Å². The van der Waals surface area contributed by atoms with Crippen molar-refractivity contribution in [2.24, 2.45) is 0 Å². The first-order valence-electron chi connectivity index (χ1n) is 4.99. The van der Waals surface area contributed by atoms with Crippen molar-refractivity contribution < 1.29 is 4.74 Å². The Morgan fingerprint density at radius 3 is 2.21 bits per heavy atom. The molecule has 0 aliphatic rings. The Bertz CT molecular complexity index is 268. The molecule has 78 valence electrons. The Morgan fingerprint density at radius 2 is 1.71 bits per heavy atom. The molecule has 0 bridgehead atoms. The molecule has 1 rings (SSSR count). The molecule has 0 radical (unpaired) electrons. The number of methoxy groups -OCH3 is 1. The number of aryl methyl sites for hydroxylation is 1. The van der Waals surface area contributed by atoms with Crippen LogP contribution in [0.15, 0.2) is 24.3 Å². The molecule has 1 N–H and O–H groups in total. The second-order valence-corrected chi connectivity index (χ2v) is 3.74. The lowest BCUT2D eigenvalue weighted by atomic mass is 10.2. The summed E-state index contributed by atoms with van der Waals surface area (Å²) in [6, 6.07) is 8.71. The van der Waals surface area contributed by atoms with Gasteiger partial charge < -0.3 is 10.1 Å². The van der Waals surface area contributed by atoms with Gasteiger partial charge in [-0.05, 0) is 32.9 Å². The van der Waals surface area contributed by atoms with Gasteiger partial charge in [0.05, 0.1) is 6.10 Å². The highest BCUT2D eigenvalue weighted by molar-refractivity contribution is 5.45. The smallest absolute Gasteiger partial charge is 0.0741 e. The van der Waals surface area contributed by atoms with Crippen molar-refractivity contribution in [1.29, 1.82) is 0 Å². The van der Waals surface area contributed by atoms with Crippen molar-refractivity contribution in [2.75, 3.05) is 12.4 Å². The minimum Gasteiger partial charge on any atom is -0.380 e. The average molecular weight is 193 g/mol. The van der Waals surface area contributed by atoms with Gasteiger partial charge in [0.25, 0.3) is 0 Å². The van der Waals surface area contributed by atoms with Gasteiger partial charge >= 0.3 is 0 Å². The van der Waals surface area contributed by atoms with Crippen LogP contribution < -0.4 is 5.32 Å². The Balaban J connectivity index is 2.56. The molecular weight excluding hydrogens is 174 g/mol. The normalized spacial score (nSPS) is 14.9. The highest BCUT2D eigenvalue weighted by Gasteiger charge is 2.09. The first kappa shape index (κ1) is 11.1. The summed E-state index contributed by atoms with van der Waals surface area (Å²) in [5.74, 6) is 0. The third-order valence-electron chi connectivity index (χ3n) is 2.52. The first-order valence-corrected chi connectivity index (χ1v) is 4.99. The number of anilines is 1. The van der Waals surface area contributed by atoms with Crippen molar-refractivity contribution in [1.82, 2.24) is 0 Å². The Morgan fingerprint density at radius 1 is 1.14 bits per heavy atom. The molecule has 0 aromatic heterocycles. The van der Waals surface area contributed by atoms with Crippen LogP contribution >= 0.6 is 0 Å². The lowest BCUT2D eigenvalue weighted by Gasteiger charge is -2.21. The molecule has 2 nitrogen and oxygen atoms in total. The van der Waals surface area contributed by atoms with Crippen LogP contribution in [0.3, 0.4) is 0 Å². The fourth-order valence-corrected chi connectivity index (χ4v) is 1.23. The monoisotopic (exact) mass is 193 g/mol. The third-order valence-corrected chi connectivity index (χ3v) is 2.52. The number of benzene rings is 1. The van der Waals surface area contributed by atoms with Crippen LogP contribution in [0.25, 0.3) is 0 Å². The quantitative estimate of drug-likeness (QED) is 0.794. The van der Waals surface area contributed by atoms with Gasteiger partial charge in [0.1, 0.15) is 0 Å². The molecule has 1 aromatic rings. The van der Waals surface area contributed by atoms with Gasteiger partial charge in [-0.1, -0.05) is 17.7 Å².